The zero-order chi connectivity index (χ0) is 28.6. The molecule has 3 rings (SSSR count). The van der Waals surface area contributed by atoms with Gasteiger partial charge < -0.3 is 25.0 Å². The molecule has 0 aliphatic rings. The van der Waals surface area contributed by atoms with E-state index in [9.17, 15) is 9.59 Å². The van der Waals surface area contributed by atoms with Gasteiger partial charge in [-0.2, -0.15) is 5.10 Å². The number of hydrogen-bond acceptors (Lipinski definition) is 5. The summed E-state index contributed by atoms with van der Waals surface area (Å²) in [4.78, 5) is 28.1. The van der Waals surface area contributed by atoms with Gasteiger partial charge in [0, 0.05) is 24.1 Å². The molecule has 3 amide bonds. The molecule has 1 aromatic heterocycles. The second kappa shape index (κ2) is 13.4. The maximum absolute atomic E-state index is 13.3. The van der Waals surface area contributed by atoms with Crippen LogP contribution in [0.1, 0.15) is 52.7 Å². The molecule has 1 heterocycles. The molecule has 3 aromatic rings. The number of methoxy groups -OCH3 is 2. The third-order valence-corrected chi connectivity index (χ3v) is 6.45. The number of ether oxygens (including phenoxy) is 2. The van der Waals surface area contributed by atoms with Gasteiger partial charge in [-0.1, -0.05) is 64.3 Å². The van der Waals surface area contributed by atoms with Crippen LogP contribution in [0.4, 0.5) is 16.3 Å². The first-order chi connectivity index (χ1) is 18.6. The van der Waals surface area contributed by atoms with E-state index in [-0.39, 0.29) is 17.9 Å². The van der Waals surface area contributed by atoms with Crippen molar-refractivity contribution in [1.29, 1.82) is 0 Å². The van der Waals surface area contributed by atoms with Gasteiger partial charge in [-0.3, -0.25) is 4.79 Å². The van der Waals surface area contributed by atoms with Crippen molar-refractivity contribution in [3.63, 3.8) is 0 Å². The Morgan fingerprint density at radius 2 is 1.77 bits per heavy atom. The molecule has 9 nitrogen and oxygen atoms in total. The zero-order valence-corrected chi connectivity index (χ0v) is 24.3. The topological polar surface area (TPSA) is 97.7 Å². The third kappa shape index (κ3) is 7.89. The lowest BCUT2D eigenvalue weighted by molar-refractivity contribution is -0.116. The molecule has 39 heavy (non-hydrogen) atoms. The second-order valence-corrected chi connectivity index (χ2v) is 10.6. The van der Waals surface area contributed by atoms with Crippen LogP contribution in [0.5, 0.6) is 11.5 Å². The monoisotopic (exact) mass is 555 g/mol. The Hall–Kier alpha value is -3.72. The number of nitrogens with one attached hydrogen (secondary N) is 2. The van der Waals surface area contributed by atoms with Crippen molar-refractivity contribution in [2.45, 2.75) is 52.4 Å². The van der Waals surface area contributed by atoms with Gasteiger partial charge in [-0.25, -0.2) is 9.48 Å². The first-order valence-electron chi connectivity index (χ1n) is 13.0. The van der Waals surface area contributed by atoms with Crippen molar-refractivity contribution in [3.8, 4) is 17.2 Å². The SMILES string of the molecule is CCCCCN(CC(=O)Nc1cc(C(C)(C)C)nn1-c1ccccc1Cl)C(=O)Nc1ccc(OC)cc1OC. The number of unbranched alkanes of at least 4 members (excludes halogenated alkanes) is 2. The number of para-hydroxylation sites is 1. The number of amides is 3. The minimum absolute atomic E-state index is 0.146. The van der Waals surface area contributed by atoms with Crippen molar-refractivity contribution in [1.82, 2.24) is 14.7 Å². The standard InChI is InChI=1S/C29H38ClN5O4/c1-7-8-11-16-34(28(37)31-22-15-14-20(38-5)17-24(22)39-6)19-27(36)32-26-18-25(29(2,3)4)33-35(26)23-13-10-9-12-21(23)30/h9-10,12-15,17-18H,7-8,11,16,19H2,1-6H3,(H,31,37)(H,32,36). The molecule has 0 fully saturated rings. The highest BCUT2D eigenvalue weighted by atomic mass is 35.5. The van der Waals surface area contributed by atoms with Crippen molar-refractivity contribution in [2.75, 3.05) is 37.9 Å². The highest BCUT2D eigenvalue weighted by Gasteiger charge is 2.24. The largest absolute Gasteiger partial charge is 0.497 e. The Balaban J connectivity index is 1.83. The lowest BCUT2D eigenvalue weighted by Crippen LogP contribution is -2.41. The number of halogens is 1. The van der Waals surface area contributed by atoms with E-state index in [0.29, 0.717) is 40.3 Å². The van der Waals surface area contributed by atoms with E-state index in [2.05, 4.69) is 17.6 Å². The van der Waals surface area contributed by atoms with E-state index < -0.39 is 6.03 Å². The molecule has 0 unspecified atom stereocenters. The second-order valence-electron chi connectivity index (χ2n) is 10.2. The van der Waals surface area contributed by atoms with Gasteiger partial charge >= 0.3 is 6.03 Å². The summed E-state index contributed by atoms with van der Waals surface area (Å²) in [6.07, 6.45) is 2.69. The quantitative estimate of drug-likeness (QED) is 0.263. The number of aromatic nitrogens is 2. The normalized spacial score (nSPS) is 11.2. The van der Waals surface area contributed by atoms with E-state index in [0.717, 1.165) is 25.0 Å². The zero-order valence-electron chi connectivity index (χ0n) is 23.5. The van der Waals surface area contributed by atoms with Crippen molar-refractivity contribution in [2.24, 2.45) is 0 Å². The van der Waals surface area contributed by atoms with Crippen molar-refractivity contribution >= 4 is 35.0 Å². The highest BCUT2D eigenvalue weighted by Crippen LogP contribution is 2.30. The number of carbonyl (C=O) groups excluding carboxylic acids is 2. The molecule has 0 aliphatic carbocycles. The molecule has 0 radical (unpaired) electrons. The summed E-state index contributed by atoms with van der Waals surface area (Å²) in [5.41, 5.74) is 1.67. The van der Waals surface area contributed by atoms with E-state index in [4.69, 9.17) is 26.2 Å². The average Bonchev–Trinajstić information content (AvgIpc) is 3.32. The lowest BCUT2D eigenvalue weighted by Gasteiger charge is -2.23. The molecule has 0 atom stereocenters. The fourth-order valence-corrected chi connectivity index (χ4v) is 4.12. The first kappa shape index (κ1) is 29.8. The van der Waals surface area contributed by atoms with Crippen molar-refractivity contribution < 1.29 is 19.1 Å². The van der Waals surface area contributed by atoms with Crippen LogP contribution in [0.25, 0.3) is 5.69 Å². The highest BCUT2D eigenvalue weighted by molar-refractivity contribution is 6.32. The molecule has 2 N–H and O–H groups in total. The van der Waals surface area contributed by atoms with Gasteiger partial charge in [0.05, 0.1) is 36.3 Å². The van der Waals surface area contributed by atoms with Gasteiger partial charge in [0.2, 0.25) is 5.91 Å². The number of rotatable bonds is 11. The summed E-state index contributed by atoms with van der Waals surface area (Å²) < 4.78 is 12.3. The van der Waals surface area contributed by atoms with Gasteiger partial charge in [0.15, 0.2) is 0 Å². The fraction of sp³-hybridized carbons (Fsp3) is 0.414. The minimum Gasteiger partial charge on any atom is -0.497 e. The fourth-order valence-electron chi connectivity index (χ4n) is 3.90. The van der Waals surface area contributed by atoms with Gasteiger partial charge in [-0.15, -0.1) is 0 Å². The van der Waals surface area contributed by atoms with Crippen LogP contribution in [-0.2, 0) is 10.2 Å². The summed E-state index contributed by atoms with van der Waals surface area (Å²) in [5, 5.41) is 11.1. The molecular formula is C29H38ClN5O4. The van der Waals surface area contributed by atoms with E-state index >= 15 is 0 Å². The molecule has 210 valence electrons. The van der Waals surface area contributed by atoms with Crippen molar-refractivity contribution in [3.05, 3.63) is 59.2 Å². The van der Waals surface area contributed by atoms with E-state index in [1.165, 1.54) is 12.0 Å². The molecule has 0 aliphatic heterocycles. The number of anilines is 2. The van der Waals surface area contributed by atoms with Gasteiger partial charge in [0.1, 0.15) is 23.9 Å². The molecule has 10 heteroatoms. The van der Waals surface area contributed by atoms with Crippen LogP contribution < -0.4 is 20.1 Å². The molecule has 2 aromatic carbocycles. The Kier molecular flexibility index (Phi) is 10.2. The summed E-state index contributed by atoms with van der Waals surface area (Å²) in [6.45, 7) is 8.50. The van der Waals surface area contributed by atoms with Crippen LogP contribution in [0.15, 0.2) is 48.5 Å². The molecule has 0 bridgehead atoms. The number of carbonyl (C=O) groups is 2. The predicted molar refractivity (Wildman–Crippen MR) is 156 cm³/mol. The summed E-state index contributed by atoms with van der Waals surface area (Å²) >= 11 is 6.46. The first-order valence-corrected chi connectivity index (χ1v) is 13.4. The van der Waals surface area contributed by atoms with Crippen LogP contribution in [-0.4, -0.2) is 53.9 Å². The minimum atomic E-state index is -0.403. The number of hydrogen-bond donors (Lipinski definition) is 2. The molecular weight excluding hydrogens is 518 g/mol. The van der Waals surface area contributed by atoms with Crippen LogP contribution in [0.2, 0.25) is 5.02 Å². The number of urea groups is 1. The summed E-state index contributed by atoms with van der Waals surface area (Å²) in [7, 11) is 3.08. The van der Waals surface area contributed by atoms with Gasteiger partial charge in [-0.05, 0) is 30.7 Å². The molecule has 0 saturated carbocycles. The van der Waals surface area contributed by atoms with Crippen LogP contribution >= 0.6 is 11.6 Å². The Bertz CT molecular complexity index is 1280. The molecule has 0 saturated heterocycles. The number of nitrogens with zero attached hydrogens (tertiary/aromatic N) is 3. The maximum atomic E-state index is 13.3. The van der Waals surface area contributed by atoms with E-state index in [1.807, 2.05) is 45.0 Å². The average molecular weight is 556 g/mol. The third-order valence-electron chi connectivity index (χ3n) is 6.13. The Morgan fingerprint density at radius 3 is 2.41 bits per heavy atom. The Labute approximate surface area is 235 Å². The molecule has 0 spiro atoms. The van der Waals surface area contributed by atoms with E-state index in [1.54, 1.807) is 36.1 Å². The van der Waals surface area contributed by atoms with Gasteiger partial charge in [0.25, 0.3) is 0 Å². The predicted octanol–water partition coefficient (Wildman–Crippen LogP) is 6.50. The maximum Gasteiger partial charge on any atom is 0.322 e. The summed E-state index contributed by atoms with van der Waals surface area (Å²) in [6, 6.07) is 13.9. The lowest BCUT2D eigenvalue weighted by atomic mass is 9.92. The summed E-state index contributed by atoms with van der Waals surface area (Å²) in [5.74, 6) is 1.19. The van der Waals surface area contributed by atoms with Crippen LogP contribution in [0.3, 0.4) is 0 Å². The smallest absolute Gasteiger partial charge is 0.322 e. The van der Waals surface area contributed by atoms with Crippen LogP contribution in [0, 0.1) is 0 Å². The Morgan fingerprint density at radius 1 is 1.03 bits per heavy atom. The number of benzene rings is 2.